The van der Waals surface area contributed by atoms with Gasteiger partial charge in [0, 0.05) is 6.42 Å². The lowest BCUT2D eigenvalue weighted by Crippen LogP contribution is -2.16. The number of aliphatic hydroxyl groups excluding tert-OH is 1. The highest BCUT2D eigenvalue weighted by Gasteiger charge is 2.08. The zero-order valence-corrected chi connectivity index (χ0v) is 8.30. The highest BCUT2D eigenvalue weighted by atomic mass is 16.5. The number of hydrogen-bond donors (Lipinski definition) is 2. The van der Waals surface area contributed by atoms with Crippen LogP contribution in [0.3, 0.4) is 0 Å². The number of hydrogen-bond acceptors (Lipinski definition) is 3. The molecule has 0 fully saturated rings. The molecule has 0 saturated carbocycles. The lowest BCUT2D eigenvalue weighted by Gasteiger charge is -2.09. The van der Waals surface area contributed by atoms with Gasteiger partial charge in [0.1, 0.15) is 5.75 Å². The summed E-state index contributed by atoms with van der Waals surface area (Å²) >= 11 is 0. The number of carbonyl (C=O) groups is 1. The number of carboxylic acid groups (broad SMARTS) is 1. The molecule has 0 bridgehead atoms. The molecule has 0 spiro atoms. The van der Waals surface area contributed by atoms with Gasteiger partial charge in [-0.2, -0.15) is 0 Å². The molecule has 0 saturated heterocycles. The smallest absolute Gasteiger partial charge is 0.305 e. The predicted octanol–water partition coefficient (Wildman–Crippen LogP) is 1.29. The van der Waals surface area contributed by atoms with Crippen molar-refractivity contribution in [2.75, 3.05) is 6.61 Å². The fraction of sp³-hybridized carbons (Fsp3) is 0.364. The summed E-state index contributed by atoms with van der Waals surface area (Å²) in [4.78, 5) is 10.2. The van der Waals surface area contributed by atoms with Crippen molar-refractivity contribution in [1.82, 2.24) is 0 Å². The average Bonchev–Trinajstić information content (AvgIpc) is 2.18. The van der Waals surface area contributed by atoms with Gasteiger partial charge in [-0.15, -0.1) is 0 Å². The van der Waals surface area contributed by atoms with Gasteiger partial charge < -0.3 is 14.9 Å². The second-order valence-electron chi connectivity index (χ2n) is 3.20. The maximum absolute atomic E-state index is 10.2. The van der Waals surface area contributed by atoms with Crippen LogP contribution in [0.1, 0.15) is 12.8 Å². The van der Waals surface area contributed by atoms with Crippen molar-refractivity contribution < 1.29 is 19.7 Å². The van der Waals surface area contributed by atoms with E-state index in [4.69, 9.17) is 9.84 Å². The van der Waals surface area contributed by atoms with Gasteiger partial charge in [0.2, 0.25) is 0 Å². The zero-order chi connectivity index (χ0) is 11.1. The van der Waals surface area contributed by atoms with Gasteiger partial charge in [-0.1, -0.05) is 18.2 Å². The van der Waals surface area contributed by atoms with Crippen LogP contribution in [0.25, 0.3) is 0 Å². The Morgan fingerprint density at radius 2 is 2.00 bits per heavy atom. The van der Waals surface area contributed by atoms with Crippen molar-refractivity contribution in [3.05, 3.63) is 30.3 Å². The predicted molar refractivity (Wildman–Crippen MR) is 54.8 cm³/mol. The molecule has 0 aliphatic rings. The van der Waals surface area contributed by atoms with Gasteiger partial charge >= 0.3 is 5.97 Å². The normalized spacial score (nSPS) is 12.1. The number of aliphatic hydroxyl groups is 1. The molecule has 1 atom stereocenters. The van der Waals surface area contributed by atoms with E-state index in [1.165, 1.54) is 0 Å². The van der Waals surface area contributed by atoms with E-state index >= 15 is 0 Å². The number of carboxylic acids is 1. The first-order valence-corrected chi connectivity index (χ1v) is 4.76. The number of ether oxygens (including phenoxy) is 1. The first-order chi connectivity index (χ1) is 7.18. The Hall–Kier alpha value is -1.55. The summed E-state index contributed by atoms with van der Waals surface area (Å²) in [6, 6.07) is 9.20. The van der Waals surface area contributed by atoms with E-state index in [9.17, 15) is 9.90 Å². The van der Waals surface area contributed by atoms with Crippen molar-refractivity contribution in [3.8, 4) is 5.75 Å². The summed E-state index contributed by atoms with van der Waals surface area (Å²) in [7, 11) is 0. The molecule has 15 heavy (non-hydrogen) atoms. The maximum Gasteiger partial charge on any atom is 0.305 e. The fourth-order valence-corrected chi connectivity index (χ4v) is 1.13. The summed E-state index contributed by atoms with van der Waals surface area (Å²) < 4.78 is 5.31. The number of benzene rings is 1. The molecule has 1 aromatic rings. The average molecular weight is 210 g/mol. The third-order valence-corrected chi connectivity index (χ3v) is 1.87. The summed E-state index contributed by atoms with van der Waals surface area (Å²) in [6.07, 6.45) is -0.759. The fourth-order valence-electron chi connectivity index (χ4n) is 1.13. The second-order valence-corrected chi connectivity index (χ2v) is 3.20. The molecular formula is C11H14O4. The molecule has 0 aliphatic heterocycles. The monoisotopic (exact) mass is 210 g/mol. The molecule has 0 radical (unpaired) electrons. The molecule has 1 rings (SSSR count). The quantitative estimate of drug-likeness (QED) is 0.742. The van der Waals surface area contributed by atoms with Gasteiger partial charge in [0.15, 0.2) is 0 Å². The van der Waals surface area contributed by atoms with Crippen LogP contribution in [0.2, 0.25) is 0 Å². The van der Waals surface area contributed by atoms with Crippen LogP contribution in [-0.2, 0) is 4.79 Å². The highest BCUT2D eigenvalue weighted by Crippen LogP contribution is 2.09. The SMILES string of the molecule is O=C(O)CC(O)CCOc1ccccc1. The second kappa shape index (κ2) is 6.03. The van der Waals surface area contributed by atoms with E-state index in [2.05, 4.69) is 0 Å². The minimum atomic E-state index is -0.998. The number of rotatable bonds is 6. The molecular weight excluding hydrogens is 196 g/mol. The standard InChI is InChI=1S/C11H14O4/c12-9(8-11(13)14)6-7-15-10-4-2-1-3-5-10/h1-5,9,12H,6-8H2,(H,13,14). The van der Waals surface area contributed by atoms with Crippen LogP contribution < -0.4 is 4.74 Å². The maximum atomic E-state index is 10.2. The Morgan fingerprint density at radius 1 is 1.33 bits per heavy atom. The molecule has 4 heteroatoms. The minimum absolute atomic E-state index is 0.238. The highest BCUT2D eigenvalue weighted by molar-refractivity contribution is 5.67. The van der Waals surface area contributed by atoms with Gasteiger partial charge in [0.05, 0.1) is 19.1 Å². The summed E-state index contributed by atoms with van der Waals surface area (Å²) in [5.41, 5.74) is 0. The van der Waals surface area contributed by atoms with Crippen LogP contribution in [0.4, 0.5) is 0 Å². The first-order valence-electron chi connectivity index (χ1n) is 4.76. The van der Waals surface area contributed by atoms with Crippen molar-refractivity contribution in [2.24, 2.45) is 0 Å². The number of para-hydroxylation sites is 1. The number of aliphatic carboxylic acids is 1. The molecule has 1 aromatic carbocycles. The van der Waals surface area contributed by atoms with Crippen molar-refractivity contribution in [1.29, 1.82) is 0 Å². The van der Waals surface area contributed by atoms with Crippen molar-refractivity contribution in [3.63, 3.8) is 0 Å². The van der Waals surface area contributed by atoms with Gasteiger partial charge in [0.25, 0.3) is 0 Å². The third-order valence-electron chi connectivity index (χ3n) is 1.87. The van der Waals surface area contributed by atoms with Gasteiger partial charge in [-0.05, 0) is 12.1 Å². The topological polar surface area (TPSA) is 66.8 Å². The van der Waals surface area contributed by atoms with Crippen molar-refractivity contribution in [2.45, 2.75) is 18.9 Å². The van der Waals surface area contributed by atoms with E-state index in [0.717, 1.165) is 5.75 Å². The van der Waals surface area contributed by atoms with Crippen molar-refractivity contribution >= 4 is 5.97 Å². The molecule has 0 aliphatic carbocycles. The van der Waals surface area contributed by atoms with Gasteiger partial charge in [-0.3, -0.25) is 4.79 Å². The molecule has 0 aromatic heterocycles. The Balaban J connectivity index is 2.19. The third kappa shape index (κ3) is 5.02. The zero-order valence-electron chi connectivity index (χ0n) is 8.30. The summed E-state index contributed by atoms with van der Waals surface area (Å²) in [5, 5.41) is 17.6. The van der Waals surface area contributed by atoms with Crippen LogP contribution in [0.5, 0.6) is 5.75 Å². The largest absolute Gasteiger partial charge is 0.493 e. The lowest BCUT2D eigenvalue weighted by atomic mass is 10.2. The van der Waals surface area contributed by atoms with E-state index in [1.54, 1.807) is 0 Å². The molecule has 4 nitrogen and oxygen atoms in total. The van der Waals surface area contributed by atoms with E-state index in [-0.39, 0.29) is 6.42 Å². The van der Waals surface area contributed by atoms with E-state index < -0.39 is 12.1 Å². The van der Waals surface area contributed by atoms with Crippen LogP contribution in [-0.4, -0.2) is 28.9 Å². The minimum Gasteiger partial charge on any atom is -0.493 e. The lowest BCUT2D eigenvalue weighted by molar-refractivity contribution is -0.139. The molecule has 1 unspecified atom stereocenters. The summed E-state index contributed by atoms with van der Waals surface area (Å²) in [6.45, 7) is 0.318. The van der Waals surface area contributed by atoms with Crippen LogP contribution in [0, 0.1) is 0 Å². The molecule has 2 N–H and O–H groups in total. The molecule has 0 amide bonds. The Labute approximate surface area is 88.1 Å². The summed E-state index contributed by atoms with van der Waals surface area (Å²) in [5.74, 6) is -0.276. The first kappa shape index (κ1) is 11.5. The Morgan fingerprint density at radius 3 is 2.60 bits per heavy atom. The molecule has 0 heterocycles. The van der Waals surface area contributed by atoms with E-state index in [0.29, 0.717) is 13.0 Å². The molecule has 82 valence electrons. The van der Waals surface area contributed by atoms with Crippen LogP contribution >= 0.6 is 0 Å². The Bertz CT molecular complexity index is 297. The van der Waals surface area contributed by atoms with E-state index in [1.807, 2.05) is 30.3 Å². The Kier molecular flexibility index (Phi) is 4.63. The van der Waals surface area contributed by atoms with Gasteiger partial charge in [-0.25, -0.2) is 0 Å². The van der Waals surface area contributed by atoms with Crippen LogP contribution in [0.15, 0.2) is 30.3 Å².